The van der Waals surface area contributed by atoms with Crippen LogP contribution in [-0.2, 0) is 9.53 Å². The second kappa shape index (κ2) is 6.40. The molecule has 2 aromatic rings. The van der Waals surface area contributed by atoms with Gasteiger partial charge in [0.15, 0.2) is 6.61 Å². The van der Waals surface area contributed by atoms with Gasteiger partial charge in [-0.05, 0) is 37.1 Å². The van der Waals surface area contributed by atoms with E-state index in [4.69, 9.17) is 20.8 Å². The van der Waals surface area contributed by atoms with E-state index in [0.717, 1.165) is 31.1 Å². The van der Waals surface area contributed by atoms with Crippen molar-refractivity contribution in [3.63, 3.8) is 0 Å². The van der Waals surface area contributed by atoms with Crippen LogP contribution < -0.4 is 5.32 Å². The van der Waals surface area contributed by atoms with E-state index >= 15 is 0 Å². The van der Waals surface area contributed by atoms with E-state index in [1.54, 1.807) is 24.3 Å². The van der Waals surface area contributed by atoms with Crippen LogP contribution in [0, 0.1) is 0 Å². The van der Waals surface area contributed by atoms with Crippen molar-refractivity contribution in [1.82, 2.24) is 5.32 Å². The van der Waals surface area contributed by atoms with Crippen LogP contribution in [0.2, 0.25) is 5.02 Å². The summed E-state index contributed by atoms with van der Waals surface area (Å²) in [5.74, 6) is -0.876. The molecule has 1 aliphatic rings. The molecule has 0 bridgehead atoms. The molecule has 1 heterocycles. The van der Waals surface area contributed by atoms with Gasteiger partial charge in [0.05, 0.1) is 0 Å². The summed E-state index contributed by atoms with van der Waals surface area (Å²) in [7, 11) is 0. The summed E-state index contributed by atoms with van der Waals surface area (Å²) in [6.45, 7) is -0.298. The fraction of sp³-hybridized carbons (Fsp3) is 0.375. The van der Waals surface area contributed by atoms with Crippen molar-refractivity contribution in [3.8, 4) is 0 Å². The molecule has 0 radical (unpaired) electrons. The van der Waals surface area contributed by atoms with Crippen molar-refractivity contribution < 1.29 is 18.7 Å². The molecule has 5 nitrogen and oxygen atoms in total. The fourth-order valence-electron chi connectivity index (χ4n) is 2.66. The number of carbonyl (C=O) groups is 2. The summed E-state index contributed by atoms with van der Waals surface area (Å²) < 4.78 is 10.4. The van der Waals surface area contributed by atoms with Gasteiger partial charge in [-0.15, -0.1) is 0 Å². The molecule has 1 amide bonds. The molecule has 0 saturated heterocycles. The standard InChI is InChI=1S/C16H16ClNO4/c17-11-5-6-13-10(7-11)8-14(22-13)16(20)21-9-15(19)18-12-3-1-2-4-12/h5-8,12H,1-4,9H2,(H,18,19). The van der Waals surface area contributed by atoms with Crippen LogP contribution in [0.3, 0.4) is 0 Å². The first kappa shape index (κ1) is 14.9. The van der Waals surface area contributed by atoms with Crippen LogP contribution in [0.5, 0.6) is 0 Å². The Morgan fingerprint density at radius 3 is 2.82 bits per heavy atom. The van der Waals surface area contributed by atoms with Gasteiger partial charge in [-0.2, -0.15) is 0 Å². The molecule has 1 N–H and O–H groups in total. The van der Waals surface area contributed by atoms with E-state index in [1.807, 2.05) is 0 Å². The molecule has 1 aromatic heterocycles. The summed E-state index contributed by atoms with van der Waals surface area (Å²) in [6, 6.07) is 6.82. The molecule has 116 valence electrons. The number of esters is 1. The van der Waals surface area contributed by atoms with Gasteiger partial charge in [-0.1, -0.05) is 24.4 Å². The molecule has 22 heavy (non-hydrogen) atoms. The molecule has 1 aromatic carbocycles. The van der Waals surface area contributed by atoms with E-state index in [-0.39, 0.29) is 24.3 Å². The first-order valence-electron chi connectivity index (χ1n) is 7.27. The van der Waals surface area contributed by atoms with Gasteiger partial charge in [0, 0.05) is 16.5 Å². The van der Waals surface area contributed by atoms with Gasteiger partial charge in [-0.3, -0.25) is 4.79 Å². The Kier molecular flexibility index (Phi) is 4.34. The number of rotatable bonds is 4. The highest BCUT2D eigenvalue weighted by Gasteiger charge is 2.19. The molecular formula is C16H16ClNO4. The topological polar surface area (TPSA) is 68.5 Å². The van der Waals surface area contributed by atoms with Gasteiger partial charge < -0.3 is 14.5 Å². The zero-order valence-corrected chi connectivity index (χ0v) is 12.7. The number of benzene rings is 1. The molecule has 1 aliphatic carbocycles. The third-order valence-corrected chi connectivity index (χ3v) is 3.97. The highest BCUT2D eigenvalue weighted by Crippen LogP contribution is 2.23. The maximum absolute atomic E-state index is 11.9. The number of fused-ring (bicyclic) bond motifs is 1. The molecule has 0 aliphatic heterocycles. The SMILES string of the molecule is O=C(COC(=O)c1cc2cc(Cl)ccc2o1)NC1CCCC1. The predicted octanol–water partition coefficient (Wildman–Crippen LogP) is 3.30. The summed E-state index contributed by atoms with van der Waals surface area (Å²) >= 11 is 5.88. The zero-order chi connectivity index (χ0) is 15.5. The fourth-order valence-corrected chi connectivity index (χ4v) is 2.84. The minimum absolute atomic E-state index is 0.0610. The minimum Gasteiger partial charge on any atom is -0.450 e. The van der Waals surface area contributed by atoms with Crippen molar-refractivity contribution in [3.05, 3.63) is 35.0 Å². The second-order valence-electron chi connectivity index (χ2n) is 5.42. The van der Waals surface area contributed by atoms with E-state index in [0.29, 0.717) is 10.6 Å². The van der Waals surface area contributed by atoms with E-state index in [9.17, 15) is 9.59 Å². The number of furan rings is 1. The number of halogens is 1. The Balaban J connectivity index is 1.57. The maximum atomic E-state index is 11.9. The van der Waals surface area contributed by atoms with Gasteiger partial charge in [0.25, 0.3) is 5.91 Å². The molecule has 0 spiro atoms. The predicted molar refractivity (Wildman–Crippen MR) is 81.9 cm³/mol. The summed E-state index contributed by atoms with van der Waals surface area (Å²) in [4.78, 5) is 23.6. The first-order chi connectivity index (χ1) is 10.6. The van der Waals surface area contributed by atoms with Crippen LogP contribution >= 0.6 is 11.6 Å². The number of hydrogen-bond donors (Lipinski definition) is 1. The number of ether oxygens (including phenoxy) is 1. The highest BCUT2D eigenvalue weighted by atomic mass is 35.5. The normalized spacial score (nSPS) is 15.1. The molecule has 3 rings (SSSR count). The lowest BCUT2D eigenvalue weighted by molar-refractivity contribution is -0.124. The average molecular weight is 322 g/mol. The zero-order valence-electron chi connectivity index (χ0n) is 11.9. The van der Waals surface area contributed by atoms with Crippen LogP contribution in [-0.4, -0.2) is 24.5 Å². The number of amides is 1. The average Bonchev–Trinajstić information content (AvgIpc) is 3.13. The first-order valence-corrected chi connectivity index (χ1v) is 7.65. The van der Waals surface area contributed by atoms with Gasteiger partial charge in [0.1, 0.15) is 5.58 Å². The van der Waals surface area contributed by atoms with Crippen molar-refractivity contribution in [2.24, 2.45) is 0 Å². The van der Waals surface area contributed by atoms with Gasteiger partial charge >= 0.3 is 5.97 Å². The monoisotopic (exact) mass is 321 g/mol. The lowest BCUT2D eigenvalue weighted by Crippen LogP contribution is -2.35. The van der Waals surface area contributed by atoms with Gasteiger partial charge in [0.2, 0.25) is 5.76 Å². The van der Waals surface area contributed by atoms with Crippen LogP contribution in [0.4, 0.5) is 0 Å². The van der Waals surface area contributed by atoms with Crippen molar-refractivity contribution >= 4 is 34.4 Å². The summed E-state index contributed by atoms with van der Waals surface area (Å²) in [5.41, 5.74) is 0.548. The number of carbonyl (C=O) groups excluding carboxylic acids is 2. The van der Waals surface area contributed by atoms with Crippen LogP contribution in [0.25, 0.3) is 11.0 Å². The van der Waals surface area contributed by atoms with Gasteiger partial charge in [-0.25, -0.2) is 4.79 Å². The molecule has 1 saturated carbocycles. The lowest BCUT2D eigenvalue weighted by atomic mass is 10.2. The lowest BCUT2D eigenvalue weighted by Gasteiger charge is -2.11. The van der Waals surface area contributed by atoms with E-state index in [1.165, 1.54) is 0 Å². The Labute approximate surface area is 132 Å². The number of hydrogen-bond acceptors (Lipinski definition) is 4. The third-order valence-electron chi connectivity index (χ3n) is 3.73. The summed E-state index contributed by atoms with van der Waals surface area (Å²) in [6.07, 6.45) is 4.24. The minimum atomic E-state index is -0.658. The molecular weight excluding hydrogens is 306 g/mol. The molecule has 6 heteroatoms. The molecule has 0 unspecified atom stereocenters. The van der Waals surface area contributed by atoms with Crippen molar-refractivity contribution in [1.29, 1.82) is 0 Å². The Hall–Kier alpha value is -2.01. The Morgan fingerprint density at radius 1 is 1.27 bits per heavy atom. The van der Waals surface area contributed by atoms with Crippen molar-refractivity contribution in [2.75, 3.05) is 6.61 Å². The second-order valence-corrected chi connectivity index (χ2v) is 5.85. The largest absolute Gasteiger partial charge is 0.450 e. The maximum Gasteiger partial charge on any atom is 0.374 e. The van der Waals surface area contributed by atoms with Crippen LogP contribution in [0.1, 0.15) is 36.2 Å². The Bertz CT molecular complexity index is 703. The Morgan fingerprint density at radius 2 is 2.05 bits per heavy atom. The molecule has 0 atom stereocenters. The van der Waals surface area contributed by atoms with E-state index in [2.05, 4.69) is 5.32 Å². The van der Waals surface area contributed by atoms with Crippen molar-refractivity contribution in [2.45, 2.75) is 31.7 Å². The molecule has 1 fully saturated rings. The third kappa shape index (κ3) is 3.42. The highest BCUT2D eigenvalue weighted by molar-refractivity contribution is 6.31. The van der Waals surface area contributed by atoms with Crippen LogP contribution in [0.15, 0.2) is 28.7 Å². The summed E-state index contributed by atoms with van der Waals surface area (Å²) in [5, 5.41) is 4.13. The number of nitrogens with one attached hydrogen (secondary N) is 1. The van der Waals surface area contributed by atoms with E-state index < -0.39 is 5.97 Å². The smallest absolute Gasteiger partial charge is 0.374 e. The quantitative estimate of drug-likeness (QED) is 0.877.